The zero-order valence-electron chi connectivity index (χ0n) is 13.1. The Hall–Kier alpha value is -2.42. The Morgan fingerprint density at radius 2 is 2.17 bits per heavy atom. The summed E-state index contributed by atoms with van der Waals surface area (Å²) in [6.07, 6.45) is 3.45. The molecule has 0 spiro atoms. The summed E-state index contributed by atoms with van der Waals surface area (Å²) in [7, 11) is 0. The lowest BCUT2D eigenvalue weighted by Crippen LogP contribution is -2.48. The third kappa shape index (κ3) is 3.40. The van der Waals surface area contributed by atoms with E-state index in [-0.39, 0.29) is 17.7 Å². The summed E-state index contributed by atoms with van der Waals surface area (Å²) < 4.78 is 4.94. The third-order valence-corrected chi connectivity index (χ3v) is 4.54. The van der Waals surface area contributed by atoms with E-state index in [0.29, 0.717) is 31.8 Å². The van der Waals surface area contributed by atoms with Crippen LogP contribution in [0.5, 0.6) is 0 Å². The molecule has 2 heterocycles. The second kappa shape index (κ2) is 6.60. The number of carbonyl (C=O) groups is 2. The first-order chi connectivity index (χ1) is 11.5. The van der Waals surface area contributed by atoms with Gasteiger partial charge in [-0.3, -0.25) is 19.7 Å². The van der Waals surface area contributed by atoms with Crippen molar-refractivity contribution in [2.24, 2.45) is 11.7 Å². The SMILES string of the molecule is NC(CNC(=O)C1CCCN1C(=O)c1ccc([N+](=O)[O-])o1)C1CC1. The van der Waals surface area contributed by atoms with E-state index in [1.165, 1.54) is 11.0 Å². The van der Waals surface area contributed by atoms with Gasteiger partial charge >= 0.3 is 5.88 Å². The van der Waals surface area contributed by atoms with E-state index in [2.05, 4.69) is 5.32 Å². The third-order valence-electron chi connectivity index (χ3n) is 4.54. The van der Waals surface area contributed by atoms with Crippen molar-refractivity contribution in [3.63, 3.8) is 0 Å². The van der Waals surface area contributed by atoms with Crippen molar-refractivity contribution in [3.8, 4) is 0 Å². The molecule has 0 radical (unpaired) electrons. The molecule has 9 heteroatoms. The van der Waals surface area contributed by atoms with Crippen LogP contribution < -0.4 is 11.1 Å². The average Bonchev–Trinajstić information content (AvgIpc) is 3.10. The molecule has 2 amide bonds. The summed E-state index contributed by atoms with van der Waals surface area (Å²) in [6.45, 7) is 0.814. The Balaban J connectivity index is 1.61. The van der Waals surface area contributed by atoms with Gasteiger partial charge in [0, 0.05) is 19.1 Å². The molecule has 3 N–H and O–H groups in total. The lowest BCUT2D eigenvalue weighted by molar-refractivity contribution is -0.402. The minimum absolute atomic E-state index is 0.0489. The topological polar surface area (TPSA) is 132 Å². The van der Waals surface area contributed by atoms with Crippen LogP contribution in [0.15, 0.2) is 16.5 Å². The van der Waals surface area contributed by atoms with Crippen LogP contribution >= 0.6 is 0 Å². The number of hydrogen-bond donors (Lipinski definition) is 2. The van der Waals surface area contributed by atoms with Crippen molar-refractivity contribution in [2.45, 2.75) is 37.8 Å². The highest BCUT2D eigenvalue weighted by molar-refractivity contribution is 5.96. The normalized spacial score (nSPS) is 21.5. The van der Waals surface area contributed by atoms with Gasteiger partial charge in [-0.05, 0) is 37.7 Å². The van der Waals surface area contributed by atoms with Crippen molar-refractivity contribution >= 4 is 17.7 Å². The zero-order chi connectivity index (χ0) is 17.3. The van der Waals surface area contributed by atoms with E-state index in [0.717, 1.165) is 18.9 Å². The molecule has 1 aliphatic carbocycles. The van der Waals surface area contributed by atoms with E-state index >= 15 is 0 Å². The Labute approximate surface area is 138 Å². The molecule has 2 atom stereocenters. The number of nitrogens with one attached hydrogen (secondary N) is 1. The van der Waals surface area contributed by atoms with Gasteiger partial charge in [0.25, 0.3) is 5.91 Å². The molecule has 0 aromatic carbocycles. The van der Waals surface area contributed by atoms with E-state index in [4.69, 9.17) is 10.2 Å². The van der Waals surface area contributed by atoms with Gasteiger partial charge in [0.1, 0.15) is 11.0 Å². The predicted octanol–water partition coefficient (Wildman–Crippen LogP) is 0.646. The van der Waals surface area contributed by atoms with Crippen LogP contribution in [0.1, 0.15) is 36.2 Å². The second-order valence-corrected chi connectivity index (χ2v) is 6.30. The molecule has 9 nitrogen and oxygen atoms in total. The molecule has 130 valence electrons. The number of furan rings is 1. The van der Waals surface area contributed by atoms with Crippen molar-refractivity contribution in [2.75, 3.05) is 13.1 Å². The van der Waals surface area contributed by atoms with E-state index in [1.807, 2.05) is 0 Å². The maximum absolute atomic E-state index is 12.5. The number of rotatable bonds is 6. The van der Waals surface area contributed by atoms with E-state index in [9.17, 15) is 19.7 Å². The van der Waals surface area contributed by atoms with E-state index in [1.54, 1.807) is 0 Å². The highest BCUT2D eigenvalue weighted by atomic mass is 16.6. The molecule has 1 saturated carbocycles. The van der Waals surface area contributed by atoms with Gasteiger partial charge in [0.05, 0.1) is 6.07 Å². The van der Waals surface area contributed by atoms with Gasteiger partial charge < -0.3 is 20.4 Å². The molecule has 2 fully saturated rings. The molecule has 0 bridgehead atoms. The molecule has 1 aliphatic heterocycles. The average molecular weight is 336 g/mol. The molecule has 2 unspecified atom stereocenters. The molecular weight excluding hydrogens is 316 g/mol. The summed E-state index contributed by atoms with van der Waals surface area (Å²) in [6, 6.07) is 1.75. The fourth-order valence-electron chi connectivity index (χ4n) is 2.99. The number of hydrogen-bond acceptors (Lipinski definition) is 6. The Bertz CT molecular complexity index is 654. The largest absolute Gasteiger partial charge is 0.433 e. The Morgan fingerprint density at radius 1 is 1.42 bits per heavy atom. The Kier molecular flexibility index (Phi) is 4.52. The minimum Gasteiger partial charge on any atom is -0.395 e. The second-order valence-electron chi connectivity index (χ2n) is 6.30. The molecule has 2 aliphatic rings. The maximum Gasteiger partial charge on any atom is 0.433 e. The fourth-order valence-corrected chi connectivity index (χ4v) is 2.99. The highest BCUT2D eigenvalue weighted by Gasteiger charge is 2.37. The lowest BCUT2D eigenvalue weighted by Gasteiger charge is -2.23. The number of likely N-dealkylation sites (tertiary alicyclic amines) is 1. The summed E-state index contributed by atoms with van der Waals surface area (Å²) >= 11 is 0. The number of nitrogens with zero attached hydrogens (tertiary/aromatic N) is 2. The van der Waals surface area contributed by atoms with Crippen LogP contribution in [0.3, 0.4) is 0 Å². The van der Waals surface area contributed by atoms with Crippen LogP contribution in [0.4, 0.5) is 5.88 Å². The van der Waals surface area contributed by atoms with Crippen LogP contribution in [-0.2, 0) is 4.79 Å². The van der Waals surface area contributed by atoms with Gasteiger partial charge in [-0.15, -0.1) is 0 Å². The van der Waals surface area contributed by atoms with Gasteiger partial charge in [0.15, 0.2) is 5.76 Å². The lowest BCUT2D eigenvalue weighted by atomic mass is 10.1. The number of nitrogens with two attached hydrogens (primary N) is 1. The van der Waals surface area contributed by atoms with Crippen molar-refractivity contribution in [1.29, 1.82) is 0 Å². The highest BCUT2D eigenvalue weighted by Crippen LogP contribution is 2.31. The summed E-state index contributed by atoms with van der Waals surface area (Å²) in [5, 5.41) is 13.5. The molecular formula is C15H20N4O5. The minimum atomic E-state index is -0.704. The van der Waals surface area contributed by atoms with Gasteiger partial charge in [-0.1, -0.05) is 0 Å². The molecule has 1 aromatic heterocycles. The van der Waals surface area contributed by atoms with Crippen LogP contribution in [0.2, 0.25) is 0 Å². The predicted molar refractivity (Wildman–Crippen MR) is 83.1 cm³/mol. The zero-order valence-corrected chi connectivity index (χ0v) is 13.1. The summed E-state index contributed by atoms with van der Waals surface area (Å²) in [5.41, 5.74) is 5.97. The van der Waals surface area contributed by atoms with Crippen LogP contribution in [0, 0.1) is 16.0 Å². The van der Waals surface area contributed by atoms with Gasteiger partial charge in [-0.25, -0.2) is 0 Å². The van der Waals surface area contributed by atoms with Crippen LogP contribution in [0.25, 0.3) is 0 Å². The van der Waals surface area contributed by atoms with Crippen molar-refractivity contribution in [3.05, 3.63) is 28.0 Å². The van der Waals surface area contributed by atoms with Gasteiger partial charge in [-0.2, -0.15) is 0 Å². The number of amides is 2. The van der Waals surface area contributed by atoms with Crippen molar-refractivity contribution in [1.82, 2.24) is 10.2 Å². The smallest absolute Gasteiger partial charge is 0.395 e. The first-order valence-corrected chi connectivity index (χ1v) is 8.06. The molecule has 1 aromatic rings. The quantitative estimate of drug-likeness (QED) is 0.579. The van der Waals surface area contributed by atoms with Crippen molar-refractivity contribution < 1.29 is 18.9 Å². The summed E-state index contributed by atoms with van der Waals surface area (Å²) in [4.78, 5) is 36.2. The van der Waals surface area contributed by atoms with E-state index < -0.39 is 22.8 Å². The first-order valence-electron chi connectivity index (χ1n) is 8.06. The van der Waals surface area contributed by atoms with Crippen LogP contribution in [-0.4, -0.2) is 46.8 Å². The molecule has 24 heavy (non-hydrogen) atoms. The Morgan fingerprint density at radius 3 is 2.79 bits per heavy atom. The monoisotopic (exact) mass is 336 g/mol. The molecule has 3 rings (SSSR count). The first kappa shape index (κ1) is 16.4. The fraction of sp³-hybridized carbons (Fsp3) is 0.600. The number of nitro groups is 1. The summed E-state index contributed by atoms with van der Waals surface area (Å²) in [5.74, 6) is -0.884. The van der Waals surface area contributed by atoms with Gasteiger partial charge in [0.2, 0.25) is 5.91 Å². The maximum atomic E-state index is 12.5. The number of carbonyl (C=O) groups excluding carboxylic acids is 2. The molecule has 1 saturated heterocycles. The standard InChI is InChI=1S/C15H20N4O5/c16-10(9-3-4-9)8-17-14(20)11-2-1-7-18(11)15(21)12-5-6-13(24-12)19(22)23/h5-6,9-11H,1-4,7-8,16H2,(H,17,20).